The van der Waals surface area contributed by atoms with E-state index in [0.717, 1.165) is 5.56 Å². The van der Waals surface area contributed by atoms with Gasteiger partial charge in [0.15, 0.2) is 0 Å². The van der Waals surface area contributed by atoms with Gasteiger partial charge < -0.3 is 10.1 Å². The van der Waals surface area contributed by atoms with Crippen molar-refractivity contribution < 1.29 is 9.66 Å². The van der Waals surface area contributed by atoms with Gasteiger partial charge in [-0.3, -0.25) is 10.1 Å². The fourth-order valence-electron chi connectivity index (χ4n) is 1.66. The van der Waals surface area contributed by atoms with E-state index in [4.69, 9.17) is 4.74 Å². The fourth-order valence-corrected chi connectivity index (χ4v) is 1.66. The number of aryl methyl sites for hydroxylation is 2. The van der Waals surface area contributed by atoms with Crippen LogP contribution in [0.25, 0.3) is 0 Å². The lowest BCUT2D eigenvalue weighted by molar-refractivity contribution is -0.385. The van der Waals surface area contributed by atoms with Gasteiger partial charge in [0.1, 0.15) is 5.75 Å². The first kappa shape index (κ1) is 13.7. The molecule has 0 amide bonds. The Morgan fingerprint density at radius 3 is 2.65 bits per heavy atom. The number of nitrogens with one attached hydrogen (secondary N) is 1. The van der Waals surface area contributed by atoms with Gasteiger partial charge in [-0.15, -0.1) is 0 Å². The molecule has 2 aromatic rings. The Morgan fingerprint density at radius 2 is 2.05 bits per heavy atom. The van der Waals surface area contributed by atoms with Crippen molar-refractivity contribution in [2.75, 3.05) is 12.4 Å². The Balaban J connectivity index is 2.30. The second-order valence-electron chi connectivity index (χ2n) is 4.24. The summed E-state index contributed by atoms with van der Waals surface area (Å²) in [5.41, 5.74) is 1.38. The Bertz CT molecular complexity index is 658. The maximum atomic E-state index is 10.8. The van der Waals surface area contributed by atoms with E-state index in [1.807, 2.05) is 6.92 Å². The third-order valence-electron chi connectivity index (χ3n) is 2.73. The van der Waals surface area contributed by atoms with E-state index in [2.05, 4.69) is 15.3 Å². The number of ether oxygens (including phenoxy) is 1. The van der Waals surface area contributed by atoms with Crippen LogP contribution in [0.15, 0.2) is 24.4 Å². The molecule has 0 fully saturated rings. The van der Waals surface area contributed by atoms with E-state index in [1.165, 1.54) is 6.07 Å². The molecule has 0 saturated carbocycles. The largest absolute Gasteiger partial charge is 0.439 e. The molecule has 0 spiro atoms. The van der Waals surface area contributed by atoms with Crippen molar-refractivity contribution in [2.24, 2.45) is 0 Å². The number of anilines is 1. The number of hydrogen-bond acceptors (Lipinski definition) is 6. The van der Waals surface area contributed by atoms with Gasteiger partial charge >= 0.3 is 0 Å². The van der Waals surface area contributed by atoms with Crippen LogP contribution < -0.4 is 10.1 Å². The monoisotopic (exact) mass is 274 g/mol. The van der Waals surface area contributed by atoms with Crippen molar-refractivity contribution >= 4 is 11.6 Å². The summed E-state index contributed by atoms with van der Waals surface area (Å²) in [6.07, 6.45) is 1.65. The molecule has 2 rings (SSSR count). The Labute approximate surface area is 115 Å². The molecule has 7 nitrogen and oxygen atoms in total. The van der Waals surface area contributed by atoms with E-state index in [9.17, 15) is 10.1 Å². The number of aromatic nitrogens is 2. The second kappa shape index (κ2) is 5.52. The van der Waals surface area contributed by atoms with Crippen LogP contribution in [0.2, 0.25) is 0 Å². The smallest absolute Gasteiger partial charge is 0.272 e. The fraction of sp³-hybridized carbons (Fsp3) is 0.231. The van der Waals surface area contributed by atoms with Crippen LogP contribution >= 0.6 is 0 Å². The van der Waals surface area contributed by atoms with Crippen LogP contribution in [0.1, 0.15) is 11.1 Å². The molecule has 0 aliphatic carbocycles. The Morgan fingerprint density at radius 1 is 1.30 bits per heavy atom. The van der Waals surface area contributed by atoms with Gasteiger partial charge in [-0.2, -0.15) is 4.98 Å². The summed E-state index contributed by atoms with van der Waals surface area (Å²) in [6, 6.07) is 4.57. The molecule has 1 N–H and O–H groups in total. The van der Waals surface area contributed by atoms with Crippen LogP contribution in [0, 0.1) is 24.0 Å². The van der Waals surface area contributed by atoms with Crippen LogP contribution in [-0.2, 0) is 0 Å². The summed E-state index contributed by atoms with van der Waals surface area (Å²) in [5, 5.41) is 13.6. The molecule has 0 unspecified atom stereocenters. The van der Waals surface area contributed by atoms with Crippen molar-refractivity contribution in [3.8, 4) is 11.6 Å². The zero-order valence-electron chi connectivity index (χ0n) is 11.4. The first-order valence-corrected chi connectivity index (χ1v) is 5.95. The molecular formula is C13H14N4O3. The van der Waals surface area contributed by atoms with Crippen molar-refractivity contribution in [3.05, 3.63) is 45.6 Å². The summed E-state index contributed by atoms with van der Waals surface area (Å²) in [6.45, 7) is 3.49. The van der Waals surface area contributed by atoms with Crippen LogP contribution in [0.4, 0.5) is 11.6 Å². The molecule has 0 saturated heterocycles. The molecule has 0 aliphatic heterocycles. The van der Waals surface area contributed by atoms with E-state index in [-0.39, 0.29) is 5.69 Å². The van der Waals surface area contributed by atoms with Gasteiger partial charge in [-0.25, -0.2) is 4.98 Å². The minimum absolute atomic E-state index is 0.0627. The predicted octanol–water partition coefficient (Wildman–Crippen LogP) is 2.84. The SMILES string of the molecule is CNc1ncc(C)c(Oc2ccc([N+](=O)[O-])c(C)c2)n1. The Kier molecular flexibility index (Phi) is 3.79. The van der Waals surface area contributed by atoms with E-state index >= 15 is 0 Å². The normalized spacial score (nSPS) is 10.2. The zero-order valence-corrected chi connectivity index (χ0v) is 11.4. The summed E-state index contributed by atoms with van der Waals surface area (Å²) < 4.78 is 5.65. The van der Waals surface area contributed by atoms with Gasteiger partial charge in [-0.05, 0) is 26.0 Å². The number of nitro groups is 1. The quantitative estimate of drug-likeness (QED) is 0.681. The highest BCUT2D eigenvalue weighted by atomic mass is 16.6. The van der Waals surface area contributed by atoms with Crippen molar-refractivity contribution in [2.45, 2.75) is 13.8 Å². The maximum absolute atomic E-state index is 10.8. The summed E-state index contributed by atoms with van der Waals surface area (Å²) >= 11 is 0. The first-order valence-electron chi connectivity index (χ1n) is 5.95. The molecule has 0 bridgehead atoms. The Hall–Kier alpha value is -2.70. The molecule has 1 heterocycles. The minimum atomic E-state index is -0.422. The molecule has 1 aromatic heterocycles. The summed E-state index contributed by atoms with van der Waals surface area (Å²) in [7, 11) is 1.71. The van der Waals surface area contributed by atoms with Crippen LogP contribution in [-0.4, -0.2) is 21.9 Å². The second-order valence-corrected chi connectivity index (χ2v) is 4.24. The summed E-state index contributed by atoms with van der Waals surface area (Å²) in [4.78, 5) is 18.6. The third-order valence-corrected chi connectivity index (χ3v) is 2.73. The molecule has 0 aliphatic rings. The maximum Gasteiger partial charge on any atom is 0.272 e. The van der Waals surface area contributed by atoms with E-state index < -0.39 is 4.92 Å². The lowest BCUT2D eigenvalue weighted by Gasteiger charge is -2.09. The highest BCUT2D eigenvalue weighted by Crippen LogP contribution is 2.27. The molecule has 7 heteroatoms. The van der Waals surface area contributed by atoms with Crippen molar-refractivity contribution in [3.63, 3.8) is 0 Å². The van der Waals surface area contributed by atoms with Gasteiger partial charge in [0.05, 0.1) is 4.92 Å². The van der Waals surface area contributed by atoms with Crippen molar-refractivity contribution in [1.29, 1.82) is 0 Å². The number of hydrogen-bond donors (Lipinski definition) is 1. The van der Waals surface area contributed by atoms with Crippen LogP contribution in [0.3, 0.4) is 0 Å². The van der Waals surface area contributed by atoms with Gasteiger partial charge in [0, 0.05) is 30.4 Å². The first-order chi connectivity index (χ1) is 9.51. The molecule has 104 valence electrons. The predicted molar refractivity (Wildman–Crippen MR) is 74.2 cm³/mol. The lowest BCUT2D eigenvalue weighted by Crippen LogP contribution is -2.00. The number of nitrogens with zero attached hydrogens (tertiary/aromatic N) is 3. The van der Waals surface area contributed by atoms with Gasteiger partial charge in [-0.1, -0.05) is 0 Å². The summed E-state index contributed by atoms with van der Waals surface area (Å²) in [5.74, 6) is 1.36. The molecule has 20 heavy (non-hydrogen) atoms. The molecule has 1 aromatic carbocycles. The molecule has 0 atom stereocenters. The van der Waals surface area contributed by atoms with Gasteiger partial charge in [0.2, 0.25) is 11.8 Å². The third kappa shape index (κ3) is 2.82. The molecule has 0 radical (unpaired) electrons. The van der Waals surface area contributed by atoms with E-state index in [1.54, 1.807) is 32.3 Å². The highest BCUT2D eigenvalue weighted by Gasteiger charge is 2.12. The number of rotatable bonds is 4. The standard InChI is InChI=1S/C13H14N4O3/c1-8-6-10(4-5-11(8)17(18)19)20-12-9(2)7-15-13(14-3)16-12/h4-7H,1-3H3,(H,14,15,16). The number of nitro benzene ring substituents is 1. The zero-order chi connectivity index (χ0) is 14.7. The van der Waals surface area contributed by atoms with Crippen molar-refractivity contribution in [1.82, 2.24) is 9.97 Å². The minimum Gasteiger partial charge on any atom is -0.439 e. The molecular weight excluding hydrogens is 260 g/mol. The topological polar surface area (TPSA) is 90.2 Å². The number of benzene rings is 1. The van der Waals surface area contributed by atoms with E-state index in [0.29, 0.717) is 23.1 Å². The lowest BCUT2D eigenvalue weighted by atomic mass is 10.2. The average molecular weight is 274 g/mol. The van der Waals surface area contributed by atoms with Crippen LogP contribution in [0.5, 0.6) is 11.6 Å². The van der Waals surface area contributed by atoms with Gasteiger partial charge in [0.25, 0.3) is 5.69 Å². The average Bonchev–Trinajstić information content (AvgIpc) is 2.41. The highest BCUT2D eigenvalue weighted by molar-refractivity contribution is 5.45.